The summed E-state index contributed by atoms with van der Waals surface area (Å²) < 4.78 is 0. The van der Waals surface area contributed by atoms with Crippen molar-refractivity contribution in [2.75, 3.05) is 49.6 Å². The average molecular weight is 803 g/mol. The van der Waals surface area contributed by atoms with Gasteiger partial charge in [-0.3, -0.25) is 14.4 Å². The summed E-state index contributed by atoms with van der Waals surface area (Å²) in [5.41, 5.74) is 7.64. The van der Waals surface area contributed by atoms with Crippen molar-refractivity contribution in [1.82, 2.24) is 56.5 Å². The molecule has 4 aromatic rings. The average Bonchev–Trinajstić information content (AvgIpc) is 4.06. The van der Waals surface area contributed by atoms with E-state index in [9.17, 15) is 24.6 Å². The van der Waals surface area contributed by atoms with Gasteiger partial charge in [0.25, 0.3) is 0 Å². The van der Waals surface area contributed by atoms with Crippen LogP contribution in [-0.4, -0.2) is 119 Å². The minimum absolute atomic E-state index is 0.0218. The molecule has 2 unspecified atom stereocenters. The number of hydrogen-bond acceptors (Lipinski definition) is 14. The van der Waals surface area contributed by atoms with Gasteiger partial charge in [-0.05, 0) is 86.1 Å². The molecule has 2 aliphatic rings. The van der Waals surface area contributed by atoms with Crippen LogP contribution in [0.4, 0.5) is 11.6 Å². The van der Waals surface area contributed by atoms with Crippen molar-refractivity contribution >= 4 is 29.5 Å². The standard InChI is InChI=1S/C20H29N7O3.C19H29N7O2/c1-12(2)8-16(20(29)30)15(18-23-25-26-24-18)9-13-4-5-17(22-10-13)27-7-6-14(11-27)19(28)21-3;1-12(2)7-16(19(27)28)15(18-22-24-25-23-18)8-13-3-4-17(21-10-13)26-6-5-14(9-20)11-26/h4-5,10,12,14-16H,6-9,11H2,1-3H3,(H,21,28)(H,29,30)(H,23,24,25,26);3-4,10,12,14-16H,5-9,11,20H2,1-2H3,(H,27,28)(H,22,23,24,25)/t2*14?,15-,16-/m00/s1. The fourth-order valence-electron chi connectivity index (χ4n) is 7.95. The summed E-state index contributed by atoms with van der Waals surface area (Å²) >= 11 is 0. The van der Waals surface area contributed by atoms with Crippen LogP contribution in [0, 0.1) is 35.5 Å². The van der Waals surface area contributed by atoms with Gasteiger partial charge < -0.3 is 31.1 Å². The van der Waals surface area contributed by atoms with Crippen molar-refractivity contribution < 1.29 is 24.6 Å². The second-order valence-corrected chi connectivity index (χ2v) is 16.2. The maximum absolute atomic E-state index is 12.0. The van der Waals surface area contributed by atoms with E-state index in [1.54, 1.807) is 13.2 Å². The number of carbonyl (C=O) groups excluding carboxylic acids is 1. The van der Waals surface area contributed by atoms with Crippen molar-refractivity contribution in [2.45, 2.75) is 78.1 Å². The monoisotopic (exact) mass is 802 g/mol. The van der Waals surface area contributed by atoms with E-state index in [1.807, 2.05) is 58.2 Å². The smallest absolute Gasteiger partial charge is 0.307 e. The number of carbonyl (C=O) groups is 3. The number of aromatic amines is 2. The first kappa shape index (κ1) is 43.5. The normalized spacial score (nSPS) is 18.8. The number of aliphatic carboxylic acids is 2. The molecule has 6 atom stereocenters. The number of nitrogens with zero attached hydrogens (tertiary/aromatic N) is 10. The predicted octanol–water partition coefficient (Wildman–Crippen LogP) is 2.69. The molecule has 0 aromatic carbocycles. The lowest BCUT2D eigenvalue weighted by molar-refractivity contribution is -0.144. The number of rotatable bonds is 18. The summed E-state index contributed by atoms with van der Waals surface area (Å²) in [6.07, 6.45) is 7.52. The van der Waals surface area contributed by atoms with Gasteiger partial charge in [0.15, 0.2) is 11.6 Å². The molecule has 0 bridgehead atoms. The van der Waals surface area contributed by atoms with Crippen LogP contribution in [0.3, 0.4) is 0 Å². The highest BCUT2D eigenvalue weighted by atomic mass is 16.4. The second kappa shape index (κ2) is 20.7. The molecular weight excluding hydrogens is 745 g/mol. The molecular formula is C39H58N14O5. The third-order valence-corrected chi connectivity index (χ3v) is 11.0. The summed E-state index contributed by atoms with van der Waals surface area (Å²) in [6, 6.07) is 7.89. The number of nitrogens with two attached hydrogens (primary N) is 1. The zero-order valence-corrected chi connectivity index (χ0v) is 34.0. The lowest BCUT2D eigenvalue weighted by Gasteiger charge is -2.23. The Bertz CT molecular complexity index is 1860. The SMILES string of the molecule is CC(C)C[C@H](C(=O)O)[C@H](Cc1ccc(N2CCC(CN)C2)nc1)c1nn[nH]n1.CNC(=O)C1CCN(c2ccc(C[C@H](c3nn[nH]n3)[C@H](CC(C)C)C(=O)O)cn2)C1. The number of carboxylic acids is 2. The predicted molar refractivity (Wildman–Crippen MR) is 215 cm³/mol. The van der Waals surface area contributed by atoms with E-state index in [4.69, 9.17) is 5.73 Å². The first-order chi connectivity index (χ1) is 27.9. The van der Waals surface area contributed by atoms with Gasteiger partial charge in [0, 0.05) is 57.5 Å². The summed E-state index contributed by atoms with van der Waals surface area (Å²) in [4.78, 5) is 49.2. The lowest BCUT2D eigenvalue weighted by atomic mass is 9.81. The van der Waals surface area contributed by atoms with Crippen LogP contribution in [0.1, 0.15) is 88.0 Å². The van der Waals surface area contributed by atoms with Gasteiger partial charge in [0.1, 0.15) is 11.6 Å². The number of tetrazole rings is 2. The molecule has 6 heterocycles. The van der Waals surface area contributed by atoms with Crippen LogP contribution in [0.5, 0.6) is 0 Å². The number of carboxylic acid groups (broad SMARTS) is 2. The van der Waals surface area contributed by atoms with Crippen LogP contribution < -0.4 is 20.9 Å². The van der Waals surface area contributed by atoms with E-state index in [2.05, 4.69) is 66.3 Å². The number of aromatic nitrogens is 10. The highest BCUT2D eigenvalue weighted by molar-refractivity contribution is 5.79. The number of anilines is 2. The molecule has 19 nitrogen and oxygen atoms in total. The first-order valence-electron chi connectivity index (χ1n) is 20.1. The fraction of sp³-hybridized carbons (Fsp3) is 0.615. The van der Waals surface area contributed by atoms with Gasteiger partial charge >= 0.3 is 11.9 Å². The Hall–Kier alpha value is -5.59. The van der Waals surface area contributed by atoms with Gasteiger partial charge in [-0.25, -0.2) is 9.97 Å². The topological polar surface area (TPSA) is 271 Å². The largest absolute Gasteiger partial charge is 0.481 e. The molecule has 6 rings (SSSR count). The Kier molecular flexibility index (Phi) is 15.5. The van der Waals surface area contributed by atoms with Crippen LogP contribution in [0.15, 0.2) is 36.7 Å². The zero-order valence-electron chi connectivity index (χ0n) is 34.0. The Morgan fingerprint density at radius 3 is 1.62 bits per heavy atom. The van der Waals surface area contributed by atoms with Crippen molar-refractivity contribution in [3.63, 3.8) is 0 Å². The second-order valence-electron chi connectivity index (χ2n) is 16.2. The fourth-order valence-corrected chi connectivity index (χ4v) is 7.95. The van der Waals surface area contributed by atoms with Gasteiger partial charge in [0.2, 0.25) is 5.91 Å². The molecule has 7 N–H and O–H groups in total. The van der Waals surface area contributed by atoms with Crippen LogP contribution in [-0.2, 0) is 27.2 Å². The Morgan fingerprint density at radius 2 is 1.26 bits per heavy atom. The molecule has 0 radical (unpaired) electrons. The molecule has 2 aliphatic heterocycles. The minimum Gasteiger partial charge on any atom is -0.481 e. The molecule has 0 spiro atoms. The van der Waals surface area contributed by atoms with Crippen molar-refractivity contribution in [3.8, 4) is 0 Å². The van der Waals surface area contributed by atoms with E-state index < -0.39 is 29.7 Å². The summed E-state index contributed by atoms with van der Waals surface area (Å²) in [6.45, 7) is 12.1. The van der Waals surface area contributed by atoms with Gasteiger partial charge in [0.05, 0.1) is 17.8 Å². The van der Waals surface area contributed by atoms with Crippen LogP contribution in [0.2, 0.25) is 0 Å². The summed E-state index contributed by atoms with van der Waals surface area (Å²) in [5, 5.41) is 50.7. The summed E-state index contributed by atoms with van der Waals surface area (Å²) in [5.74, 6) is -0.0291. The Balaban J connectivity index is 0.000000221. The van der Waals surface area contributed by atoms with E-state index in [0.29, 0.717) is 56.3 Å². The van der Waals surface area contributed by atoms with E-state index in [1.165, 1.54) is 0 Å². The molecule has 0 aliphatic carbocycles. The van der Waals surface area contributed by atoms with Crippen molar-refractivity contribution in [2.24, 2.45) is 41.2 Å². The van der Waals surface area contributed by atoms with Crippen molar-refractivity contribution in [1.29, 1.82) is 0 Å². The molecule has 0 saturated carbocycles. The highest BCUT2D eigenvalue weighted by Gasteiger charge is 2.35. The molecule has 2 fully saturated rings. The third kappa shape index (κ3) is 11.7. The number of amides is 1. The van der Waals surface area contributed by atoms with E-state index in [0.717, 1.165) is 55.2 Å². The van der Waals surface area contributed by atoms with Crippen LogP contribution in [0.25, 0.3) is 0 Å². The molecule has 58 heavy (non-hydrogen) atoms. The molecule has 1 amide bonds. The Labute approximate surface area is 338 Å². The van der Waals surface area contributed by atoms with Crippen LogP contribution >= 0.6 is 0 Å². The number of hydrogen-bond donors (Lipinski definition) is 6. The number of pyridine rings is 2. The van der Waals surface area contributed by atoms with Gasteiger partial charge in [-0.15, -0.1) is 20.4 Å². The number of H-pyrrole nitrogens is 2. The van der Waals surface area contributed by atoms with E-state index >= 15 is 0 Å². The molecule has 4 aromatic heterocycles. The maximum Gasteiger partial charge on any atom is 0.307 e. The highest BCUT2D eigenvalue weighted by Crippen LogP contribution is 2.33. The zero-order chi connectivity index (χ0) is 41.8. The lowest BCUT2D eigenvalue weighted by Crippen LogP contribution is -2.30. The third-order valence-electron chi connectivity index (χ3n) is 11.0. The quantitative estimate of drug-likeness (QED) is 0.0844. The van der Waals surface area contributed by atoms with Gasteiger partial charge in [-0.2, -0.15) is 10.4 Å². The molecule has 314 valence electrons. The first-order valence-corrected chi connectivity index (χ1v) is 20.1. The van der Waals surface area contributed by atoms with E-state index in [-0.39, 0.29) is 29.6 Å². The Morgan fingerprint density at radius 1 is 0.776 bits per heavy atom. The minimum atomic E-state index is -0.861. The van der Waals surface area contributed by atoms with Crippen molar-refractivity contribution in [3.05, 3.63) is 59.4 Å². The number of nitrogens with one attached hydrogen (secondary N) is 3. The molecule has 19 heteroatoms. The maximum atomic E-state index is 12.0. The van der Waals surface area contributed by atoms with Gasteiger partial charge in [-0.1, -0.05) is 50.3 Å². The summed E-state index contributed by atoms with van der Waals surface area (Å²) in [7, 11) is 1.65. The molecule has 2 saturated heterocycles.